The summed E-state index contributed by atoms with van der Waals surface area (Å²) in [4.78, 5) is 0. The first kappa shape index (κ1) is 19.2. The molecule has 0 N–H and O–H groups in total. The van der Waals surface area contributed by atoms with Crippen LogP contribution in [0.25, 0.3) is 0 Å². The zero-order chi connectivity index (χ0) is 10.3. The Kier molecular flexibility index (Phi) is 15.7. The van der Waals surface area contributed by atoms with E-state index in [1.54, 1.807) is 0 Å². The number of alkyl halides is 4. The summed E-state index contributed by atoms with van der Waals surface area (Å²) < 4.78 is 78.0. The van der Waals surface area contributed by atoms with Gasteiger partial charge in [-0.1, -0.05) is 0 Å². The van der Waals surface area contributed by atoms with Crippen LogP contribution in [0.4, 0.5) is 17.6 Å². The Hall–Kier alpha value is 0.563. The SMILES string of the molecule is O=S([O-])C(F)F.O=S([O-])C(F)F.[Zn+2]. The van der Waals surface area contributed by atoms with Crippen LogP contribution in [0.3, 0.4) is 0 Å². The first-order chi connectivity index (χ1) is 5.29. The Labute approximate surface area is 88.4 Å². The fourth-order valence-corrected chi connectivity index (χ4v) is 0. The summed E-state index contributed by atoms with van der Waals surface area (Å²) in [5.74, 6) is -6.46. The largest absolute Gasteiger partial charge is 2.00 e. The fraction of sp³-hybridized carbons (Fsp3) is 1.00. The third-order valence-corrected chi connectivity index (χ3v) is 0.873. The van der Waals surface area contributed by atoms with Crippen LogP contribution >= 0.6 is 0 Å². The van der Waals surface area contributed by atoms with Gasteiger partial charge in [-0.2, -0.15) is 17.6 Å². The van der Waals surface area contributed by atoms with Crippen molar-refractivity contribution in [1.29, 1.82) is 0 Å². The van der Waals surface area contributed by atoms with Crippen molar-refractivity contribution >= 4 is 22.2 Å². The van der Waals surface area contributed by atoms with E-state index in [4.69, 9.17) is 17.5 Å². The van der Waals surface area contributed by atoms with Gasteiger partial charge in [0.05, 0.1) is 0 Å². The zero-order valence-electron chi connectivity index (χ0n) is 5.82. The van der Waals surface area contributed by atoms with Gasteiger partial charge in [-0.25, -0.2) is 0 Å². The van der Waals surface area contributed by atoms with E-state index in [0.717, 1.165) is 0 Å². The Balaban J connectivity index is -0.000000143. The predicted octanol–water partition coefficient (Wildman–Crippen LogP) is 0.174. The van der Waals surface area contributed by atoms with E-state index in [1.165, 1.54) is 0 Å². The monoisotopic (exact) mass is 294 g/mol. The molecular formula is C2H2F4O4S2Zn. The van der Waals surface area contributed by atoms with E-state index in [1.807, 2.05) is 0 Å². The Bertz CT molecular complexity index is 148. The van der Waals surface area contributed by atoms with Crippen LogP contribution in [-0.4, -0.2) is 29.0 Å². The minimum absolute atomic E-state index is 0. The van der Waals surface area contributed by atoms with Crippen LogP contribution in [0.15, 0.2) is 0 Å². The van der Waals surface area contributed by atoms with E-state index < -0.39 is 33.7 Å². The molecule has 0 heterocycles. The molecular weight excluding hydrogens is 294 g/mol. The molecule has 0 bridgehead atoms. The van der Waals surface area contributed by atoms with E-state index in [2.05, 4.69) is 0 Å². The van der Waals surface area contributed by atoms with Crippen molar-refractivity contribution in [3.8, 4) is 0 Å². The molecule has 0 aromatic rings. The van der Waals surface area contributed by atoms with Crippen LogP contribution in [0.5, 0.6) is 0 Å². The predicted molar refractivity (Wildman–Crippen MR) is 29.8 cm³/mol. The normalized spacial score (nSPS) is 14.2. The molecule has 11 heteroatoms. The number of halogens is 4. The second-order valence-corrected chi connectivity index (χ2v) is 2.80. The molecule has 0 amide bonds. The van der Waals surface area contributed by atoms with Gasteiger partial charge < -0.3 is 9.11 Å². The van der Waals surface area contributed by atoms with Crippen molar-refractivity contribution < 1.29 is 54.6 Å². The van der Waals surface area contributed by atoms with Crippen LogP contribution < -0.4 is 0 Å². The minimum atomic E-state index is -3.23. The molecule has 2 atom stereocenters. The molecule has 0 aliphatic rings. The molecule has 0 aliphatic carbocycles. The molecule has 0 saturated heterocycles. The summed E-state index contributed by atoms with van der Waals surface area (Å²) in [7, 11) is 0. The molecule has 0 rings (SSSR count). The number of hydrogen-bond donors (Lipinski definition) is 0. The van der Waals surface area contributed by atoms with Crippen molar-refractivity contribution in [2.45, 2.75) is 11.5 Å². The van der Waals surface area contributed by atoms with Crippen molar-refractivity contribution in [2.24, 2.45) is 0 Å². The number of hydrogen-bond acceptors (Lipinski definition) is 4. The average molecular weight is 296 g/mol. The standard InChI is InChI=1S/2CH2F2O2S.Zn/c2*2-1(3)6(4)5;/h2*1H,(H,4,5);/q;;+2/p-2. The maximum Gasteiger partial charge on any atom is 2.00 e. The van der Waals surface area contributed by atoms with Crippen LogP contribution in [0.1, 0.15) is 0 Å². The van der Waals surface area contributed by atoms with E-state index in [9.17, 15) is 17.6 Å². The number of rotatable bonds is 2. The topological polar surface area (TPSA) is 80.3 Å². The second kappa shape index (κ2) is 10.6. The third-order valence-electron chi connectivity index (χ3n) is 0.291. The van der Waals surface area contributed by atoms with E-state index >= 15 is 0 Å². The zero-order valence-corrected chi connectivity index (χ0v) is 10.4. The quantitative estimate of drug-likeness (QED) is 0.413. The van der Waals surface area contributed by atoms with Crippen LogP contribution in [-0.2, 0) is 41.6 Å². The second-order valence-electron chi connectivity index (χ2n) is 1.04. The molecule has 0 aromatic carbocycles. The van der Waals surface area contributed by atoms with Gasteiger partial charge in [-0.05, 0) is 0 Å². The van der Waals surface area contributed by atoms with Crippen molar-refractivity contribution in [1.82, 2.24) is 0 Å². The molecule has 0 aliphatic heterocycles. The van der Waals surface area contributed by atoms with Crippen molar-refractivity contribution in [3.05, 3.63) is 0 Å². The molecule has 4 nitrogen and oxygen atoms in total. The first-order valence-electron chi connectivity index (χ1n) is 2.01. The minimum Gasteiger partial charge on any atom is -0.768 e. The average Bonchev–Trinajstić information content (AvgIpc) is 1.88. The van der Waals surface area contributed by atoms with Gasteiger partial charge in [0.2, 0.25) is 0 Å². The molecule has 2 unspecified atom stereocenters. The molecule has 76 valence electrons. The smallest absolute Gasteiger partial charge is 0.768 e. The van der Waals surface area contributed by atoms with Gasteiger partial charge in [-0.3, -0.25) is 8.42 Å². The molecule has 0 spiro atoms. The van der Waals surface area contributed by atoms with E-state index in [0.29, 0.717) is 0 Å². The molecule has 0 fully saturated rings. The van der Waals surface area contributed by atoms with E-state index in [-0.39, 0.29) is 19.5 Å². The summed E-state index contributed by atoms with van der Waals surface area (Å²) in [6, 6.07) is 0. The van der Waals surface area contributed by atoms with Gasteiger partial charge in [0.1, 0.15) is 0 Å². The van der Waals surface area contributed by atoms with Crippen molar-refractivity contribution in [2.75, 3.05) is 0 Å². The third kappa shape index (κ3) is 19.1. The molecule has 13 heavy (non-hydrogen) atoms. The first-order valence-corrected chi connectivity index (χ1v) is 4.29. The van der Waals surface area contributed by atoms with Crippen LogP contribution in [0.2, 0.25) is 0 Å². The van der Waals surface area contributed by atoms with Gasteiger partial charge in [0, 0.05) is 22.2 Å². The molecule has 0 radical (unpaired) electrons. The fourth-order valence-electron chi connectivity index (χ4n) is 0. The maximum atomic E-state index is 10.5. The summed E-state index contributed by atoms with van der Waals surface area (Å²) in [5, 5.41) is 0. The van der Waals surface area contributed by atoms with Crippen LogP contribution in [0, 0.1) is 0 Å². The summed E-state index contributed by atoms with van der Waals surface area (Å²) >= 11 is -6.40. The summed E-state index contributed by atoms with van der Waals surface area (Å²) in [5.41, 5.74) is 0. The van der Waals surface area contributed by atoms with Gasteiger partial charge in [0.15, 0.2) is 0 Å². The Morgan fingerprint density at radius 2 is 0.923 bits per heavy atom. The van der Waals surface area contributed by atoms with Crippen molar-refractivity contribution in [3.63, 3.8) is 0 Å². The molecule has 0 saturated carbocycles. The Morgan fingerprint density at radius 3 is 0.923 bits per heavy atom. The van der Waals surface area contributed by atoms with Gasteiger partial charge >= 0.3 is 19.5 Å². The van der Waals surface area contributed by atoms with Gasteiger partial charge in [0.25, 0.3) is 11.5 Å². The summed E-state index contributed by atoms with van der Waals surface area (Å²) in [6.45, 7) is 0. The summed E-state index contributed by atoms with van der Waals surface area (Å²) in [6.07, 6.45) is 0. The Morgan fingerprint density at radius 1 is 0.846 bits per heavy atom. The van der Waals surface area contributed by atoms with Gasteiger partial charge in [-0.15, -0.1) is 0 Å². The maximum absolute atomic E-state index is 10.5. The molecule has 0 aromatic heterocycles.